The first-order valence-electron chi connectivity index (χ1n) is 8.90. The monoisotopic (exact) mass is 341 g/mol. The van der Waals surface area contributed by atoms with Gasteiger partial charge in [-0.3, -0.25) is 4.79 Å². The molecule has 1 aliphatic rings. The number of aromatic nitrogens is 1. The lowest BCUT2D eigenvalue weighted by atomic mass is 10.2. The fourth-order valence-electron chi connectivity index (χ4n) is 3.79. The van der Waals surface area contributed by atoms with E-state index < -0.39 is 0 Å². The molecule has 0 aliphatic carbocycles. The van der Waals surface area contributed by atoms with Crippen LogP contribution in [0.25, 0.3) is 0 Å². The standard InChI is InChI=1S/C20H27N3O2/c1-14(2)23-15(3)13-19(16(23)4)20(25)22-11-9-21(10-12-22)17-5-7-18(24)8-6-17/h5-8,13-14,24H,9-12H2,1-4H3. The Morgan fingerprint density at radius 2 is 1.64 bits per heavy atom. The van der Waals surface area contributed by atoms with Crippen LogP contribution in [0.5, 0.6) is 5.75 Å². The van der Waals surface area contributed by atoms with Crippen molar-refractivity contribution in [3.8, 4) is 5.75 Å². The second kappa shape index (κ2) is 6.82. The minimum absolute atomic E-state index is 0.130. The first-order valence-corrected chi connectivity index (χ1v) is 8.90. The molecule has 1 aromatic carbocycles. The molecular weight excluding hydrogens is 314 g/mol. The minimum atomic E-state index is 0.130. The number of phenolic OH excluding ortho intramolecular Hbond substituents is 1. The molecule has 1 amide bonds. The SMILES string of the molecule is Cc1cc(C(=O)N2CCN(c3ccc(O)cc3)CC2)c(C)n1C(C)C. The Balaban J connectivity index is 1.70. The van der Waals surface area contributed by atoms with Crippen LogP contribution in [0.1, 0.15) is 41.6 Å². The third kappa shape index (κ3) is 3.36. The van der Waals surface area contributed by atoms with Gasteiger partial charge in [-0.2, -0.15) is 0 Å². The van der Waals surface area contributed by atoms with Gasteiger partial charge in [0.1, 0.15) is 5.75 Å². The van der Waals surface area contributed by atoms with Crippen molar-refractivity contribution in [3.63, 3.8) is 0 Å². The summed E-state index contributed by atoms with van der Waals surface area (Å²) in [5, 5.41) is 9.41. The van der Waals surface area contributed by atoms with Crippen LogP contribution < -0.4 is 4.90 Å². The third-order valence-corrected chi connectivity index (χ3v) is 5.01. The van der Waals surface area contributed by atoms with Gasteiger partial charge in [0.05, 0.1) is 5.56 Å². The molecule has 5 heteroatoms. The van der Waals surface area contributed by atoms with Crippen LogP contribution in [0.2, 0.25) is 0 Å². The van der Waals surface area contributed by atoms with Gasteiger partial charge in [-0.15, -0.1) is 0 Å². The highest BCUT2D eigenvalue weighted by Gasteiger charge is 2.25. The quantitative estimate of drug-likeness (QED) is 0.931. The smallest absolute Gasteiger partial charge is 0.255 e. The highest BCUT2D eigenvalue weighted by atomic mass is 16.3. The van der Waals surface area contributed by atoms with Crippen molar-refractivity contribution in [2.24, 2.45) is 0 Å². The number of anilines is 1. The largest absolute Gasteiger partial charge is 0.508 e. The number of aryl methyl sites for hydroxylation is 1. The molecule has 2 aromatic rings. The number of hydrogen-bond acceptors (Lipinski definition) is 3. The Bertz CT molecular complexity index is 754. The lowest BCUT2D eigenvalue weighted by molar-refractivity contribution is 0.0746. The number of aromatic hydroxyl groups is 1. The minimum Gasteiger partial charge on any atom is -0.508 e. The number of carbonyl (C=O) groups is 1. The van der Waals surface area contributed by atoms with E-state index in [1.807, 2.05) is 30.0 Å². The molecule has 1 N–H and O–H groups in total. The van der Waals surface area contributed by atoms with E-state index in [2.05, 4.69) is 30.2 Å². The van der Waals surface area contributed by atoms with Crippen LogP contribution in [0.3, 0.4) is 0 Å². The number of amides is 1. The average Bonchev–Trinajstić information content (AvgIpc) is 2.89. The normalized spacial score (nSPS) is 15.1. The first-order chi connectivity index (χ1) is 11.9. The van der Waals surface area contributed by atoms with E-state index >= 15 is 0 Å². The summed E-state index contributed by atoms with van der Waals surface area (Å²) in [5.74, 6) is 0.406. The zero-order valence-electron chi connectivity index (χ0n) is 15.5. The van der Waals surface area contributed by atoms with Crippen molar-refractivity contribution in [1.29, 1.82) is 0 Å². The lowest BCUT2D eigenvalue weighted by Crippen LogP contribution is -2.48. The molecule has 1 saturated heterocycles. The molecular formula is C20H27N3O2. The zero-order valence-corrected chi connectivity index (χ0v) is 15.5. The van der Waals surface area contributed by atoms with Gasteiger partial charge >= 0.3 is 0 Å². The van der Waals surface area contributed by atoms with Crippen LogP contribution >= 0.6 is 0 Å². The molecule has 0 unspecified atom stereocenters. The van der Waals surface area contributed by atoms with E-state index in [0.717, 1.165) is 35.7 Å². The number of nitrogens with zero attached hydrogens (tertiary/aromatic N) is 3. The topological polar surface area (TPSA) is 48.7 Å². The van der Waals surface area contributed by atoms with Gasteiger partial charge < -0.3 is 19.5 Å². The fraction of sp³-hybridized carbons (Fsp3) is 0.450. The van der Waals surface area contributed by atoms with Gasteiger partial charge in [-0.1, -0.05) is 0 Å². The van der Waals surface area contributed by atoms with Gasteiger partial charge in [-0.05, 0) is 58.0 Å². The van der Waals surface area contributed by atoms with Crippen LogP contribution in [0, 0.1) is 13.8 Å². The summed E-state index contributed by atoms with van der Waals surface area (Å²) in [5.41, 5.74) is 4.10. The molecule has 3 rings (SSSR count). The van der Waals surface area contributed by atoms with E-state index in [0.29, 0.717) is 19.1 Å². The number of phenols is 1. The van der Waals surface area contributed by atoms with Gasteiger partial charge in [0.25, 0.3) is 5.91 Å². The highest BCUT2D eigenvalue weighted by molar-refractivity contribution is 5.96. The molecule has 134 valence electrons. The van der Waals surface area contributed by atoms with Crippen LogP contribution in [-0.2, 0) is 0 Å². The van der Waals surface area contributed by atoms with E-state index in [9.17, 15) is 9.90 Å². The molecule has 0 spiro atoms. The molecule has 1 aliphatic heterocycles. The predicted octanol–water partition coefficient (Wildman–Crippen LogP) is 3.35. The predicted molar refractivity (Wildman–Crippen MR) is 101 cm³/mol. The summed E-state index contributed by atoms with van der Waals surface area (Å²) >= 11 is 0. The number of piperazine rings is 1. The second-order valence-corrected chi connectivity index (χ2v) is 7.04. The molecule has 2 heterocycles. The zero-order chi connectivity index (χ0) is 18.1. The highest BCUT2D eigenvalue weighted by Crippen LogP contribution is 2.23. The number of carbonyl (C=O) groups excluding carboxylic acids is 1. The molecule has 0 atom stereocenters. The van der Waals surface area contributed by atoms with E-state index in [1.54, 1.807) is 12.1 Å². The Morgan fingerprint density at radius 3 is 2.16 bits per heavy atom. The van der Waals surface area contributed by atoms with Gasteiger partial charge in [-0.25, -0.2) is 0 Å². The van der Waals surface area contributed by atoms with Crippen molar-refractivity contribution in [3.05, 3.63) is 47.3 Å². The Labute approximate surface area is 149 Å². The molecule has 1 aromatic heterocycles. The maximum absolute atomic E-state index is 13.0. The van der Waals surface area contributed by atoms with Crippen LogP contribution in [0.4, 0.5) is 5.69 Å². The molecule has 0 bridgehead atoms. The summed E-state index contributed by atoms with van der Waals surface area (Å²) < 4.78 is 2.22. The summed E-state index contributed by atoms with van der Waals surface area (Å²) in [6.45, 7) is 11.4. The molecule has 5 nitrogen and oxygen atoms in total. The average molecular weight is 341 g/mol. The van der Waals surface area contributed by atoms with Crippen molar-refractivity contribution in [2.45, 2.75) is 33.7 Å². The van der Waals surface area contributed by atoms with Gasteiger partial charge in [0.2, 0.25) is 0 Å². The second-order valence-electron chi connectivity index (χ2n) is 7.04. The summed E-state index contributed by atoms with van der Waals surface area (Å²) in [4.78, 5) is 17.2. The molecule has 0 saturated carbocycles. The Kier molecular flexibility index (Phi) is 4.75. The first kappa shape index (κ1) is 17.4. The molecule has 25 heavy (non-hydrogen) atoms. The van der Waals surface area contributed by atoms with Crippen LogP contribution in [-0.4, -0.2) is 46.7 Å². The summed E-state index contributed by atoms with van der Waals surface area (Å²) in [6, 6.07) is 9.62. The van der Waals surface area contributed by atoms with Crippen LogP contribution in [0.15, 0.2) is 30.3 Å². The van der Waals surface area contributed by atoms with Crippen molar-refractivity contribution in [2.75, 3.05) is 31.1 Å². The third-order valence-electron chi connectivity index (χ3n) is 5.01. The van der Waals surface area contributed by atoms with Crippen molar-refractivity contribution < 1.29 is 9.90 Å². The van der Waals surface area contributed by atoms with Crippen molar-refractivity contribution >= 4 is 11.6 Å². The number of rotatable bonds is 3. The summed E-state index contributed by atoms with van der Waals surface area (Å²) in [7, 11) is 0. The Morgan fingerprint density at radius 1 is 1.04 bits per heavy atom. The summed E-state index contributed by atoms with van der Waals surface area (Å²) in [6.07, 6.45) is 0. The fourth-order valence-corrected chi connectivity index (χ4v) is 3.79. The van der Waals surface area contributed by atoms with Gasteiger partial charge in [0, 0.05) is 49.3 Å². The number of hydrogen-bond donors (Lipinski definition) is 1. The van der Waals surface area contributed by atoms with E-state index in [4.69, 9.17) is 0 Å². The van der Waals surface area contributed by atoms with E-state index in [1.165, 1.54) is 0 Å². The maximum Gasteiger partial charge on any atom is 0.255 e. The number of benzene rings is 1. The molecule has 0 radical (unpaired) electrons. The van der Waals surface area contributed by atoms with E-state index in [-0.39, 0.29) is 11.7 Å². The lowest BCUT2D eigenvalue weighted by Gasteiger charge is -2.36. The molecule has 1 fully saturated rings. The Hall–Kier alpha value is -2.43. The maximum atomic E-state index is 13.0. The van der Waals surface area contributed by atoms with Crippen molar-refractivity contribution in [1.82, 2.24) is 9.47 Å². The van der Waals surface area contributed by atoms with Gasteiger partial charge in [0.15, 0.2) is 0 Å².